The molecule has 0 fully saturated rings. The van der Waals surface area contributed by atoms with Crippen molar-refractivity contribution in [1.82, 2.24) is 15.3 Å². The van der Waals surface area contributed by atoms with Gasteiger partial charge in [-0.2, -0.15) is 18.2 Å². The van der Waals surface area contributed by atoms with Crippen LogP contribution in [0, 0.1) is 6.92 Å². The second-order valence-corrected chi connectivity index (χ2v) is 5.54. The highest BCUT2D eigenvalue weighted by molar-refractivity contribution is 5.55. The second-order valence-electron chi connectivity index (χ2n) is 5.54. The Hall–Kier alpha value is -2.68. The summed E-state index contributed by atoms with van der Waals surface area (Å²) < 4.78 is 47.0. The normalized spacial score (nSPS) is 14.5. The fraction of sp³-hybridized carbons (Fsp3) is 0.312. The van der Waals surface area contributed by atoms with Crippen LogP contribution < -0.4 is 0 Å². The Morgan fingerprint density at radius 1 is 1.08 bits per heavy atom. The molecule has 6 nitrogen and oxygen atoms in total. The SMILES string of the molecule is CCC(O)(c1ccc(-c2noc(C(F)(F)F)n2)cc1)c1cc(C)no1. The van der Waals surface area contributed by atoms with E-state index in [1.54, 1.807) is 32.0 Å². The lowest BCUT2D eigenvalue weighted by Crippen LogP contribution is -2.25. The van der Waals surface area contributed by atoms with Gasteiger partial charge in [-0.1, -0.05) is 41.5 Å². The van der Waals surface area contributed by atoms with E-state index < -0.39 is 17.7 Å². The van der Waals surface area contributed by atoms with E-state index in [0.717, 1.165) is 0 Å². The molecular weight excluding hydrogens is 339 g/mol. The number of nitrogens with zero attached hydrogens (tertiary/aromatic N) is 3. The quantitative estimate of drug-likeness (QED) is 0.770. The molecular formula is C16H14F3N3O3. The zero-order chi connectivity index (χ0) is 18.2. The highest BCUT2D eigenvalue weighted by Crippen LogP contribution is 2.34. The van der Waals surface area contributed by atoms with Gasteiger partial charge in [-0.15, -0.1) is 0 Å². The number of halogens is 3. The highest BCUT2D eigenvalue weighted by Gasteiger charge is 2.38. The number of aromatic nitrogens is 3. The molecule has 3 aromatic rings. The number of benzene rings is 1. The van der Waals surface area contributed by atoms with Crippen molar-refractivity contribution in [1.29, 1.82) is 0 Å². The van der Waals surface area contributed by atoms with Crippen molar-refractivity contribution >= 4 is 0 Å². The lowest BCUT2D eigenvalue weighted by atomic mass is 9.88. The fourth-order valence-electron chi connectivity index (χ4n) is 2.43. The van der Waals surface area contributed by atoms with E-state index in [0.29, 0.717) is 29.0 Å². The van der Waals surface area contributed by atoms with Crippen molar-refractivity contribution in [2.75, 3.05) is 0 Å². The minimum atomic E-state index is -4.70. The molecule has 132 valence electrons. The molecule has 9 heteroatoms. The number of hydrogen-bond acceptors (Lipinski definition) is 6. The van der Waals surface area contributed by atoms with Crippen LogP contribution >= 0.6 is 0 Å². The first kappa shape index (κ1) is 17.2. The van der Waals surface area contributed by atoms with E-state index in [1.807, 2.05) is 0 Å². The van der Waals surface area contributed by atoms with E-state index in [1.165, 1.54) is 12.1 Å². The first-order chi connectivity index (χ1) is 11.7. The summed E-state index contributed by atoms with van der Waals surface area (Å²) in [6, 6.07) is 7.78. The Kier molecular flexibility index (Phi) is 4.11. The third kappa shape index (κ3) is 3.14. The van der Waals surface area contributed by atoms with Gasteiger partial charge in [0.25, 0.3) is 0 Å². The maximum Gasteiger partial charge on any atom is 0.471 e. The van der Waals surface area contributed by atoms with Gasteiger partial charge in [-0.05, 0) is 18.9 Å². The molecule has 0 amide bonds. The number of hydrogen-bond donors (Lipinski definition) is 1. The van der Waals surface area contributed by atoms with Crippen LogP contribution in [-0.2, 0) is 11.8 Å². The zero-order valence-electron chi connectivity index (χ0n) is 13.3. The van der Waals surface area contributed by atoms with Gasteiger partial charge in [0.15, 0.2) is 5.76 Å². The van der Waals surface area contributed by atoms with E-state index in [4.69, 9.17) is 4.52 Å². The Bertz CT molecular complexity index is 871. The molecule has 0 spiro atoms. The third-order valence-corrected chi connectivity index (χ3v) is 3.84. The maximum absolute atomic E-state index is 12.5. The van der Waals surface area contributed by atoms with E-state index >= 15 is 0 Å². The summed E-state index contributed by atoms with van der Waals surface area (Å²) in [6.07, 6.45) is -4.38. The summed E-state index contributed by atoms with van der Waals surface area (Å²) in [7, 11) is 0. The molecule has 0 aliphatic heterocycles. The van der Waals surface area contributed by atoms with Gasteiger partial charge in [-0.3, -0.25) is 0 Å². The predicted octanol–water partition coefficient (Wildman–Crippen LogP) is 3.70. The molecule has 0 bridgehead atoms. The van der Waals surface area contributed by atoms with Crippen LogP contribution in [0.25, 0.3) is 11.4 Å². The molecule has 1 atom stereocenters. The summed E-state index contributed by atoms with van der Waals surface area (Å²) >= 11 is 0. The molecule has 25 heavy (non-hydrogen) atoms. The highest BCUT2D eigenvalue weighted by atomic mass is 19.4. The van der Waals surface area contributed by atoms with Crippen molar-refractivity contribution in [3.63, 3.8) is 0 Å². The minimum Gasteiger partial charge on any atom is -0.377 e. The lowest BCUT2D eigenvalue weighted by molar-refractivity contribution is -0.159. The average Bonchev–Trinajstić information content (AvgIpc) is 3.23. The largest absolute Gasteiger partial charge is 0.471 e. The Morgan fingerprint density at radius 2 is 1.76 bits per heavy atom. The predicted molar refractivity (Wildman–Crippen MR) is 79.3 cm³/mol. The van der Waals surface area contributed by atoms with Crippen LogP contribution in [0.1, 0.15) is 36.3 Å². The first-order valence-corrected chi connectivity index (χ1v) is 7.42. The lowest BCUT2D eigenvalue weighted by Gasteiger charge is -2.24. The van der Waals surface area contributed by atoms with Gasteiger partial charge in [0, 0.05) is 11.6 Å². The van der Waals surface area contributed by atoms with Crippen LogP contribution in [-0.4, -0.2) is 20.4 Å². The Morgan fingerprint density at radius 3 is 2.24 bits per heavy atom. The van der Waals surface area contributed by atoms with Crippen molar-refractivity contribution in [3.8, 4) is 11.4 Å². The Balaban J connectivity index is 1.92. The van der Waals surface area contributed by atoms with Gasteiger partial charge in [-0.25, -0.2) is 0 Å². The molecule has 0 aliphatic rings. The monoisotopic (exact) mass is 353 g/mol. The maximum atomic E-state index is 12.5. The first-order valence-electron chi connectivity index (χ1n) is 7.42. The molecule has 2 aromatic heterocycles. The number of rotatable bonds is 4. The van der Waals surface area contributed by atoms with Crippen LogP contribution in [0.15, 0.2) is 39.4 Å². The molecule has 1 N–H and O–H groups in total. The van der Waals surface area contributed by atoms with Crippen LogP contribution in [0.2, 0.25) is 0 Å². The molecule has 0 saturated heterocycles. The molecule has 0 radical (unpaired) electrons. The Labute approximate surface area is 140 Å². The smallest absolute Gasteiger partial charge is 0.377 e. The van der Waals surface area contributed by atoms with Crippen molar-refractivity contribution in [2.45, 2.75) is 32.0 Å². The second kappa shape index (κ2) is 5.99. The summed E-state index contributed by atoms with van der Waals surface area (Å²) in [4.78, 5) is 3.33. The van der Waals surface area contributed by atoms with Gasteiger partial charge < -0.3 is 14.2 Å². The summed E-state index contributed by atoms with van der Waals surface area (Å²) in [6.45, 7) is 3.52. The van der Waals surface area contributed by atoms with Crippen LogP contribution in [0.4, 0.5) is 13.2 Å². The van der Waals surface area contributed by atoms with E-state index in [2.05, 4.69) is 19.8 Å². The number of alkyl halides is 3. The van der Waals surface area contributed by atoms with Crippen LogP contribution in [0.3, 0.4) is 0 Å². The van der Waals surface area contributed by atoms with E-state index in [-0.39, 0.29) is 5.82 Å². The van der Waals surface area contributed by atoms with Crippen molar-refractivity contribution in [3.05, 3.63) is 53.2 Å². The summed E-state index contributed by atoms with van der Waals surface area (Å²) in [5, 5.41) is 18.0. The fourth-order valence-corrected chi connectivity index (χ4v) is 2.43. The molecule has 1 aromatic carbocycles. The van der Waals surface area contributed by atoms with Gasteiger partial charge in [0.1, 0.15) is 5.60 Å². The van der Waals surface area contributed by atoms with Crippen molar-refractivity contribution in [2.24, 2.45) is 0 Å². The minimum absolute atomic E-state index is 0.186. The number of aliphatic hydroxyl groups is 1. The van der Waals surface area contributed by atoms with Crippen LogP contribution in [0.5, 0.6) is 0 Å². The standard InChI is InChI=1S/C16H14F3N3O3/c1-3-15(23,12-8-9(2)21-24-12)11-6-4-10(5-7-11)13-20-14(25-22-13)16(17,18)19/h4-8,23H,3H2,1-2H3. The molecule has 3 rings (SSSR count). The molecule has 0 aliphatic carbocycles. The number of aryl methyl sites for hydroxylation is 1. The molecule has 1 unspecified atom stereocenters. The summed E-state index contributed by atoms with van der Waals surface area (Å²) in [5.74, 6) is -1.30. The van der Waals surface area contributed by atoms with Gasteiger partial charge in [0.05, 0.1) is 5.69 Å². The molecule has 2 heterocycles. The zero-order valence-corrected chi connectivity index (χ0v) is 13.3. The third-order valence-electron chi connectivity index (χ3n) is 3.84. The van der Waals surface area contributed by atoms with Gasteiger partial charge in [0.2, 0.25) is 5.82 Å². The topological polar surface area (TPSA) is 85.2 Å². The van der Waals surface area contributed by atoms with E-state index in [9.17, 15) is 18.3 Å². The molecule has 0 saturated carbocycles. The van der Waals surface area contributed by atoms with Gasteiger partial charge >= 0.3 is 12.1 Å². The van der Waals surface area contributed by atoms with Crippen molar-refractivity contribution < 1.29 is 27.3 Å². The average molecular weight is 353 g/mol. The summed E-state index contributed by atoms with van der Waals surface area (Å²) in [5.41, 5.74) is 0.0726.